The maximum atomic E-state index is 11.5. The van der Waals surface area contributed by atoms with E-state index in [1.165, 1.54) is 0 Å². The van der Waals surface area contributed by atoms with Gasteiger partial charge in [-0.3, -0.25) is 0 Å². The average Bonchev–Trinajstić information content (AvgIpc) is 2.32. The molecular formula is C17H26N2O5. The molecule has 0 aromatic heterocycles. The predicted octanol–water partition coefficient (Wildman–Crippen LogP) is 2.69. The second-order valence-corrected chi connectivity index (χ2v) is 7.61. The topological polar surface area (TPSA) is 125 Å². The number of ether oxygens (including phenoxy) is 2. The van der Waals surface area contributed by atoms with Gasteiger partial charge in [-0.15, -0.1) is 0 Å². The lowest BCUT2D eigenvalue weighted by molar-refractivity contribution is 0.205. The van der Waals surface area contributed by atoms with Gasteiger partial charge < -0.3 is 26.0 Å². The van der Waals surface area contributed by atoms with Crippen molar-refractivity contribution in [2.24, 2.45) is 11.5 Å². The Morgan fingerprint density at radius 2 is 1.42 bits per heavy atom. The first-order valence-electron chi connectivity index (χ1n) is 7.55. The summed E-state index contributed by atoms with van der Waals surface area (Å²) in [5.74, 6) is 0.314. The van der Waals surface area contributed by atoms with E-state index in [0.29, 0.717) is 16.7 Å². The predicted molar refractivity (Wildman–Crippen MR) is 90.2 cm³/mol. The SMILES string of the molecule is CC(C)(C)c1c(CO)cc(OC(N)=O)c(C(C)(C)C)c1OC(N)=O. The van der Waals surface area contributed by atoms with Gasteiger partial charge in [-0.05, 0) is 22.5 Å². The highest BCUT2D eigenvalue weighted by Gasteiger charge is 2.34. The molecule has 134 valence electrons. The van der Waals surface area contributed by atoms with Gasteiger partial charge in [0, 0.05) is 11.1 Å². The van der Waals surface area contributed by atoms with Crippen LogP contribution in [0.15, 0.2) is 6.07 Å². The number of primary amides is 2. The van der Waals surface area contributed by atoms with Crippen LogP contribution in [-0.4, -0.2) is 17.3 Å². The van der Waals surface area contributed by atoms with Crippen molar-refractivity contribution in [3.63, 3.8) is 0 Å². The Morgan fingerprint density at radius 1 is 0.958 bits per heavy atom. The van der Waals surface area contributed by atoms with Gasteiger partial charge in [0.25, 0.3) is 0 Å². The van der Waals surface area contributed by atoms with Crippen molar-refractivity contribution in [2.45, 2.75) is 59.0 Å². The molecule has 0 bridgehead atoms. The number of aliphatic hydroxyl groups excluding tert-OH is 1. The molecule has 5 N–H and O–H groups in total. The highest BCUT2D eigenvalue weighted by atomic mass is 16.6. The number of carbonyl (C=O) groups excluding carboxylic acids is 2. The van der Waals surface area contributed by atoms with Crippen molar-refractivity contribution < 1.29 is 24.2 Å². The molecule has 7 nitrogen and oxygen atoms in total. The van der Waals surface area contributed by atoms with Gasteiger partial charge in [0.15, 0.2) is 0 Å². The van der Waals surface area contributed by atoms with E-state index in [1.807, 2.05) is 41.5 Å². The zero-order chi connectivity index (χ0) is 18.9. The van der Waals surface area contributed by atoms with Crippen molar-refractivity contribution in [3.05, 3.63) is 22.8 Å². The Kier molecular flexibility index (Phi) is 5.50. The first-order chi connectivity index (χ1) is 10.8. The maximum Gasteiger partial charge on any atom is 0.409 e. The van der Waals surface area contributed by atoms with E-state index in [0.717, 1.165) is 0 Å². The molecule has 0 saturated carbocycles. The fourth-order valence-electron chi connectivity index (χ4n) is 2.73. The summed E-state index contributed by atoms with van der Waals surface area (Å²) in [5, 5.41) is 9.75. The first-order valence-corrected chi connectivity index (χ1v) is 7.55. The Balaban J connectivity index is 3.97. The number of amides is 2. The molecule has 0 unspecified atom stereocenters. The Labute approximate surface area is 141 Å². The summed E-state index contributed by atoms with van der Waals surface area (Å²) in [5.41, 5.74) is 10.9. The van der Waals surface area contributed by atoms with Gasteiger partial charge in [0.1, 0.15) is 11.5 Å². The quantitative estimate of drug-likeness (QED) is 0.781. The van der Waals surface area contributed by atoms with Crippen LogP contribution in [0.25, 0.3) is 0 Å². The fraction of sp³-hybridized carbons (Fsp3) is 0.529. The van der Waals surface area contributed by atoms with Crippen molar-refractivity contribution >= 4 is 12.2 Å². The van der Waals surface area contributed by atoms with Gasteiger partial charge in [-0.25, -0.2) is 9.59 Å². The summed E-state index contributed by atoms with van der Waals surface area (Å²) in [6.07, 6.45) is -2.00. The van der Waals surface area contributed by atoms with Gasteiger partial charge >= 0.3 is 12.2 Å². The molecule has 0 atom stereocenters. The van der Waals surface area contributed by atoms with E-state index in [4.69, 9.17) is 20.9 Å². The van der Waals surface area contributed by atoms with E-state index >= 15 is 0 Å². The number of nitrogens with two attached hydrogens (primary N) is 2. The van der Waals surface area contributed by atoms with Crippen LogP contribution < -0.4 is 20.9 Å². The van der Waals surface area contributed by atoms with Crippen LogP contribution in [0, 0.1) is 0 Å². The highest BCUT2D eigenvalue weighted by Crippen LogP contribution is 2.47. The number of hydrogen-bond donors (Lipinski definition) is 3. The fourth-order valence-corrected chi connectivity index (χ4v) is 2.73. The van der Waals surface area contributed by atoms with Crippen LogP contribution in [-0.2, 0) is 17.4 Å². The summed E-state index contributed by atoms with van der Waals surface area (Å²) in [6.45, 7) is 11.0. The third-order valence-electron chi connectivity index (χ3n) is 3.41. The smallest absolute Gasteiger partial charge is 0.409 e. The monoisotopic (exact) mass is 338 g/mol. The normalized spacial score (nSPS) is 12.0. The third kappa shape index (κ3) is 4.38. The summed E-state index contributed by atoms with van der Waals surface area (Å²) in [7, 11) is 0. The van der Waals surface area contributed by atoms with Gasteiger partial charge in [-0.1, -0.05) is 41.5 Å². The minimum absolute atomic E-state index is 0.128. The molecule has 2 amide bonds. The summed E-state index contributed by atoms with van der Waals surface area (Å²) in [4.78, 5) is 22.7. The molecule has 1 aromatic rings. The molecule has 0 heterocycles. The molecule has 0 saturated heterocycles. The molecule has 0 aliphatic rings. The van der Waals surface area contributed by atoms with Crippen LogP contribution in [0.3, 0.4) is 0 Å². The lowest BCUT2D eigenvalue weighted by atomic mass is 9.77. The number of rotatable bonds is 3. The van der Waals surface area contributed by atoms with Crippen molar-refractivity contribution in [3.8, 4) is 11.5 Å². The minimum Gasteiger partial charge on any atom is -0.410 e. The van der Waals surface area contributed by atoms with E-state index < -0.39 is 23.0 Å². The third-order valence-corrected chi connectivity index (χ3v) is 3.41. The minimum atomic E-state index is -1.00. The molecule has 0 aliphatic heterocycles. The van der Waals surface area contributed by atoms with E-state index in [2.05, 4.69) is 0 Å². The molecule has 24 heavy (non-hydrogen) atoms. The Bertz CT molecular complexity index is 654. The first kappa shape index (κ1) is 19.8. The standard InChI is InChI=1S/C17H26N2O5/c1-16(2,3)11-9(8-20)7-10(23-14(18)21)12(17(4,5)6)13(11)24-15(19)22/h7,20H,8H2,1-6H3,(H2,18,21)(H2,19,22). The molecule has 0 radical (unpaired) electrons. The number of carbonyl (C=O) groups is 2. The zero-order valence-corrected chi connectivity index (χ0v) is 15.0. The van der Waals surface area contributed by atoms with E-state index in [-0.39, 0.29) is 18.1 Å². The number of hydrogen-bond acceptors (Lipinski definition) is 5. The zero-order valence-electron chi connectivity index (χ0n) is 15.0. The molecule has 0 spiro atoms. The molecule has 0 fully saturated rings. The maximum absolute atomic E-state index is 11.5. The van der Waals surface area contributed by atoms with E-state index in [1.54, 1.807) is 6.07 Å². The molecule has 7 heteroatoms. The van der Waals surface area contributed by atoms with E-state index in [9.17, 15) is 14.7 Å². The van der Waals surface area contributed by atoms with Crippen LogP contribution in [0.2, 0.25) is 0 Å². The summed E-state index contributed by atoms with van der Waals surface area (Å²) < 4.78 is 10.4. The van der Waals surface area contributed by atoms with Crippen LogP contribution in [0.4, 0.5) is 9.59 Å². The second-order valence-electron chi connectivity index (χ2n) is 7.61. The lowest BCUT2D eigenvalue weighted by Gasteiger charge is -2.32. The van der Waals surface area contributed by atoms with Gasteiger partial charge in [0.05, 0.1) is 6.61 Å². The van der Waals surface area contributed by atoms with Gasteiger partial charge in [0.2, 0.25) is 0 Å². The summed E-state index contributed by atoms with van der Waals surface area (Å²) in [6, 6.07) is 1.54. The molecule has 1 rings (SSSR count). The van der Waals surface area contributed by atoms with Crippen LogP contribution in [0.5, 0.6) is 11.5 Å². The largest absolute Gasteiger partial charge is 0.410 e. The number of benzene rings is 1. The van der Waals surface area contributed by atoms with Crippen molar-refractivity contribution in [1.29, 1.82) is 0 Å². The molecular weight excluding hydrogens is 312 g/mol. The average molecular weight is 338 g/mol. The van der Waals surface area contributed by atoms with Crippen molar-refractivity contribution in [2.75, 3.05) is 0 Å². The van der Waals surface area contributed by atoms with Crippen molar-refractivity contribution in [1.82, 2.24) is 0 Å². The van der Waals surface area contributed by atoms with Gasteiger partial charge in [-0.2, -0.15) is 0 Å². The summed E-state index contributed by atoms with van der Waals surface area (Å²) >= 11 is 0. The highest BCUT2D eigenvalue weighted by molar-refractivity contribution is 5.74. The Morgan fingerprint density at radius 3 is 1.75 bits per heavy atom. The second kappa shape index (κ2) is 6.68. The lowest BCUT2D eigenvalue weighted by Crippen LogP contribution is -2.27. The molecule has 1 aromatic carbocycles. The van der Waals surface area contributed by atoms with Crippen LogP contribution in [0.1, 0.15) is 58.2 Å². The Hall–Kier alpha value is -2.28. The number of aliphatic hydroxyl groups is 1. The van der Waals surface area contributed by atoms with Crippen LogP contribution >= 0.6 is 0 Å². The molecule has 0 aliphatic carbocycles.